The summed E-state index contributed by atoms with van der Waals surface area (Å²) in [5.74, 6) is 0.154. The first-order valence-corrected chi connectivity index (χ1v) is 10.0. The Morgan fingerprint density at radius 1 is 1.08 bits per heavy atom. The highest BCUT2D eigenvalue weighted by Crippen LogP contribution is 2.20. The highest BCUT2D eigenvalue weighted by atomic mass is 16.5. The van der Waals surface area contributed by atoms with Gasteiger partial charge in [0.1, 0.15) is 0 Å². The van der Waals surface area contributed by atoms with Crippen molar-refractivity contribution in [1.29, 1.82) is 0 Å². The van der Waals surface area contributed by atoms with Crippen LogP contribution in [-0.2, 0) is 9.53 Å². The van der Waals surface area contributed by atoms with Gasteiger partial charge in [0.15, 0.2) is 0 Å². The van der Waals surface area contributed by atoms with Gasteiger partial charge in [-0.2, -0.15) is 0 Å². The molecular formula is C19H35N3O3. The lowest BCUT2D eigenvalue weighted by atomic mass is 9.95. The number of urea groups is 1. The number of carbonyl (C=O) groups is 2. The zero-order chi connectivity index (χ0) is 18.1. The maximum Gasteiger partial charge on any atom is 0.317 e. The van der Waals surface area contributed by atoms with Gasteiger partial charge in [0.2, 0.25) is 5.91 Å². The van der Waals surface area contributed by atoms with E-state index in [-0.39, 0.29) is 24.0 Å². The van der Waals surface area contributed by atoms with Crippen LogP contribution in [0.5, 0.6) is 0 Å². The van der Waals surface area contributed by atoms with Crippen molar-refractivity contribution in [3.8, 4) is 0 Å². The molecule has 1 heterocycles. The van der Waals surface area contributed by atoms with Gasteiger partial charge in [0, 0.05) is 38.2 Å². The maximum absolute atomic E-state index is 12.3. The van der Waals surface area contributed by atoms with Gasteiger partial charge in [0.05, 0.1) is 6.10 Å². The Hall–Kier alpha value is -1.30. The second-order valence-electron chi connectivity index (χ2n) is 7.61. The number of hydrogen-bond acceptors (Lipinski definition) is 3. The van der Waals surface area contributed by atoms with Gasteiger partial charge >= 0.3 is 6.03 Å². The molecule has 0 spiro atoms. The van der Waals surface area contributed by atoms with E-state index in [0.717, 1.165) is 32.1 Å². The molecule has 0 atom stereocenters. The molecule has 0 bridgehead atoms. The van der Waals surface area contributed by atoms with Crippen molar-refractivity contribution in [2.45, 2.75) is 77.4 Å². The summed E-state index contributed by atoms with van der Waals surface area (Å²) in [6.45, 7) is 6.71. The Kier molecular flexibility index (Phi) is 8.52. The van der Waals surface area contributed by atoms with Crippen LogP contribution >= 0.6 is 0 Å². The molecule has 144 valence electrons. The molecule has 0 radical (unpaired) electrons. The summed E-state index contributed by atoms with van der Waals surface area (Å²) in [5.41, 5.74) is 0. The minimum absolute atomic E-state index is 0.0322. The summed E-state index contributed by atoms with van der Waals surface area (Å²) >= 11 is 0. The molecule has 2 N–H and O–H groups in total. The molecule has 3 amide bonds. The minimum Gasteiger partial charge on any atom is -0.379 e. The first kappa shape index (κ1) is 20.0. The first-order valence-electron chi connectivity index (χ1n) is 10.0. The van der Waals surface area contributed by atoms with Crippen LogP contribution < -0.4 is 10.6 Å². The molecule has 25 heavy (non-hydrogen) atoms. The number of amides is 3. The molecule has 0 aromatic heterocycles. The molecule has 6 heteroatoms. The molecule has 2 aliphatic rings. The normalized spacial score (nSPS) is 19.9. The van der Waals surface area contributed by atoms with Crippen LogP contribution in [0.4, 0.5) is 4.79 Å². The Labute approximate surface area is 152 Å². The second kappa shape index (κ2) is 10.6. The topological polar surface area (TPSA) is 70.7 Å². The molecule has 0 aromatic carbocycles. The Balaban J connectivity index is 1.59. The van der Waals surface area contributed by atoms with Crippen molar-refractivity contribution in [1.82, 2.24) is 15.5 Å². The Bertz CT molecular complexity index is 414. The van der Waals surface area contributed by atoms with Gasteiger partial charge in [-0.05, 0) is 46.0 Å². The molecule has 0 aromatic rings. The van der Waals surface area contributed by atoms with Crippen molar-refractivity contribution in [2.24, 2.45) is 5.92 Å². The Morgan fingerprint density at radius 2 is 1.76 bits per heavy atom. The predicted octanol–water partition coefficient (Wildman–Crippen LogP) is 2.67. The first-order chi connectivity index (χ1) is 12.1. The summed E-state index contributed by atoms with van der Waals surface area (Å²) in [6.07, 6.45) is 8.52. The van der Waals surface area contributed by atoms with Crippen LogP contribution in [0.1, 0.15) is 65.2 Å². The summed E-state index contributed by atoms with van der Waals surface area (Å²) in [6, 6.07) is 0.395. The lowest BCUT2D eigenvalue weighted by Gasteiger charge is -2.33. The molecule has 2 fully saturated rings. The minimum atomic E-state index is 0.0322. The number of ether oxygens (including phenoxy) is 1. The largest absolute Gasteiger partial charge is 0.379 e. The highest BCUT2D eigenvalue weighted by molar-refractivity contribution is 5.79. The summed E-state index contributed by atoms with van der Waals surface area (Å²) < 4.78 is 5.47. The lowest BCUT2D eigenvalue weighted by molar-refractivity contribution is -0.126. The Morgan fingerprint density at radius 3 is 2.40 bits per heavy atom. The smallest absolute Gasteiger partial charge is 0.317 e. The zero-order valence-electron chi connectivity index (χ0n) is 15.9. The van der Waals surface area contributed by atoms with Crippen molar-refractivity contribution in [2.75, 3.05) is 26.2 Å². The van der Waals surface area contributed by atoms with Crippen LogP contribution in [0.15, 0.2) is 0 Å². The molecule has 1 aliphatic carbocycles. The lowest BCUT2D eigenvalue weighted by Crippen LogP contribution is -2.49. The summed E-state index contributed by atoms with van der Waals surface area (Å²) in [5, 5.41) is 6.16. The van der Waals surface area contributed by atoms with E-state index in [9.17, 15) is 9.59 Å². The zero-order valence-corrected chi connectivity index (χ0v) is 15.9. The van der Waals surface area contributed by atoms with Crippen molar-refractivity contribution in [3.63, 3.8) is 0 Å². The van der Waals surface area contributed by atoms with E-state index in [1.54, 1.807) is 0 Å². The predicted molar refractivity (Wildman–Crippen MR) is 98.4 cm³/mol. The number of likely N-dealkylation sites (tertiary alicyclic amines) is 1. The van der Waals surface area contributed by atoms with Gasteiger partial charge in [-0.3, -0.25) is 4.79 Å². The van der Waals surface area contributed by atoms with Gasteiger partial charge in [-0.15, -0.1) is 0 Å². The average molecular weight is 354 g/mol. The van der Waals surface area contributed by atoms with Crippen LogP contribution in [-0.4, -0.2) is 55.2 Å². The summed E-state index contributed by atoms with van der Waals surface area (Å²) in [7, 11) is 0. The monoisotopic (exact) mass is 353 g/mol. The second-order valence-corrected chi connectivity index (χ2v) is 7.61. The van der Waals surface area contributed by atoms with Gasteiger partial charge < -0.3 is 20.3 Å². The molecule has 1 saturated heterocycles. The maximum atomic E-state index is 12.3. The van der Waals surface area contributed by atoms with Crippen molar-refractivity contribution < 1.29 is 14.3 Å². The van der Waals surface area contributed by atoms with Crippen molar-refractivity contribution in [3.05, 3.63) is 0 Å². The number of carbonyl (C=O) groups excluding carboxylic acids is 2. The number of nitrogens with zero attached hydrogens (tertiary/aromatic N) is 1. The molecule has 0 unspecified atom stereocenters. The van der Waals surface area contributed by atoms with E-state index in [2.05, 4.69) is 10.6 Å². The van der Waals surface area contributed by atoms with E-state index in [1.807, 2.05) is 18.7 Å². The fraction of sp³-hybridized carbons (Fsp3) is 0.895. The highest BCUT2D eigenvalue weighted by Gasteiger charge is 2.28. The number of hydrogen-bond donors (Lipinski definition) is 2. The third-order valence-corrected chi connectivity index (χ3v) is 5.16. The third-order valence-electron chi connectivity index (χ3n) is 5.16. The van der Waals surface area contributed by atoms with E-state index < -0.39 is 0 Å². The van der Waals surface area contributed by atoms with E-state index >= 15 is 0 Å². The number of piperidine rings is 1. The molecule has 6 nitrogen and oxygen atoms in total. The SMILES string of the molecule is CC(C)OCCCNC(=O)C1CCN(C(=O)NC2CCCCC2)CC1. The van der Waals surface area contributed by atoms with E-state index in [0.29, 0.717) is 32.3 Å². The van der Waals surface area contributed by atoms with Gasteiger partial charge in [0.25, 0.3) is 0 Å². The van der Waals surface area contributed by atoms with E-state index in [1.165, 1.54) is 19.3 Å². The fourth-order valence-corrected chi connectivity index (χ4v) is 3.60. The van der Waals surface area contributed by atoms with Gasteiger partial charge in [-0.1, -0.05) is 19.3 Å². The van der Waals surface area contributed by atoms with Crippen LogP contribution in [0.3, 0.4) is 0 Å². The van der Waals surface area contributed by atoms with E-state index in [4.69, 9.17) is 4.74 Å². The molecule has 1 aliphatic heterocycles. The van der Waals surface area contributed by atoms with Crippen LogP contribution in [0.25, 0.3) is 0 Å². The summed E-state index contributed by atoms with van der Waals surface area (Å²) in [4.78, 5) is 26.4. The third kappa shape index (κ3) is 7.22. The average Bonchev–Trinajstić information content (AvgIpc) is 2.62. The molecular weight excluding hydrogens is 318 g/mol. The fourth-order valence-electron chi connectivity index (χ4n) is 3.60. The number of rotatable bonds is 7. The van der Waals surface area contributed by atoms with Crippen molar-refractivity contribution >= 4 is 11.9 Å². The molecule has 1 saturated carbocycles. The number of nitrogens with one attached hydrogen (secondary N) is 2. The quantitative estimate of drug-likeness (QED) is 0.691. The van der Waals surface area contributed by atoms with Crippen LogP contribution in [0, 0.1) is 5.92 Å². The standard InChI is InChI=1S/C19H35N3O3/c1-15(2)25-14-6-11-20-18(23)16-9-12-22(13-10-16)19(24)21-17-7-4-3-5-8-17/h15-17H,3-14H2,1-2H3,(H,20,23)(H,21,24). The van der Waals surface area contributed by atoms with Crippen LogP contribution in [0.2, 0.25) is 0 Å². The molecule has 2 rings (SSSR count). The van der Waals surface area contributed by atoms with Gasteiger partial charge in [-0.25, -0.2) is 4.79 Å².